The first-order valence-corrected chi connectivity index (χ1v) is 4.90. The first-order chi connectivity index (χ1) is 6.22. The van der Waals surface area contributed by atoms with Crippen molar-refractivity contribution in [2.45, 2.75) is 4.90 Å². The summed E-state index contributed by atoms with van der Waals surface area (Å²) in [7, 11) is 0. The number of carbonyl (C=O) groups excluding carboxylic acids is 1. The summed E-state index contributed by atoms with van der Waals surface area (Å²) in [5, 5.41) is 0. The van der Waals surface area contributed by atoms with E-state index in [0.717, 1.165) is 10.5 Å². The maximum Gasteiger partial charge on any atom is 0.293 e. The van der Waals surface area contributed by atoms with Crippen molar-refractivity contribution in [1.82, 2.24) is 0 Å². The Labute approximate surface area is 81.5 Å². The van der Waals surface area contributed by atoms with Crippen molar-refractivity contribution in [3.8, 4) is 11.8 Å². The molecule has 2 nitrogen and oxygen atoms in total. The number of primary amides is 1. The van der Waals surface area contributed by atoms with E-state index < -0.39 is 5.91 Å². The Morgan fingerprint density at radius 3 is 2.92 bits per heavy atom. The molecule has 0 aromatic heterocycles. The summed E-state index contributed by atoms with van der Waals surface area (Å²) in [5.41, 5.74) is 5.70. The quantitative estimate of drug-likeness (QED) is 0.536. The van der Waals surface area contributed by atoms with E-state index in [1.54, 1.807) is 11.8 Å². The van der Waals surface area contributed by atoms with Crippen molar-refractivity contribution >= 4 is 17.7 Å². The first kappa shape index (κ1) is 9.69. The standard InChI is InChI=1S/C10H9NOS/c1-13-9-4-2-3-8(7-9)5-6-10(11)12/h2-4,7H,1H3,(H2,11,12). The van der Waals surface area contributed by atoms with E-state index in [1.807, 2.05) is 30.5 Å². The molecule has 0 radical (unpaired) electrons. The van der Waals surface area contributed by atoms with Crippen LogP contribution in [0.15, 0.2) is 29.2 Å². The minimum absolute atomic E-state index is 0.602. The largest absolute Gasteiger partial charge is 0.359 e. The second-order valence-corrected chi connectivity index (χ2v) is 3.23. The summed E-state index contributed by atoms with van der Waals surface area (Å²) < 4.78 is 0. The number of thioether (sulfide) groups is 1. The highest BCUT2D eigenvalue weighted by molar-refractivity contribution is 7.98. The molecule has 0 aliphatic carbocycles. The van der Waals surface area contributed by atoms with Crippen molar-refractivity contribution < 1.29 is 4.79 Å². The van der Waals surface area contributed by atoms with Gasteiger partial charge in [0.15, 0.2) is 0 Å². The molecule has 0 aliphatic heterocycles. The van der Waals surface area contributed by atoms with Crippen LogP contribution in [-0.2, 0) is 4.79 Å². The molecular formula is C10H9NOS. The number of hydrogen-bond donors (Lipinski definition) is 1. The lowest BCUT2D eigenvalue weighted by Gasteiger charge is -1.94. The summed E-state index contributed by atoms with van der Waals surface area (Å²) in [6.45, 7) is 0. The molecule has 0 unspecified atom stereocenters. The zero-order chi connectivity index (χ0) is 9.68. The van der Waals surface area contributed by atoms with Gasteiger partial charge in [-0.15, -0.1) is 11.8 Å². The molecule has 2 N–H and O–H groups in total. The lowest BCUT2D eigenvalue weighted by molar-refractivity contribution is -0.112. The molecule has 1 amide bonds. The van der Waals surface area contributed by atoms with Crippen LogP contribution in [0.2, 0.25) is 0 Å². The van der Waals surface area contributed by atoms with Gasteiger partial charge in [0.2, 0.25) is 0 Å². The van der Waals surface area contributed by atoms with Crippen LogP contribution in [0.25, 0.3) is 0 Å². The fraction of sp³-hybridized carbons (Fsp3) is 0.100. The number of hydrogen-bond acceptors (Lipinski definition) is 2. The van der Waals surface area contributed by atoms with Gasteiger partial charge in [0.25, 0.3) is 5.91 Å². The maximum atomic E-state index is 10.4. The maximum absolute atomic E-state index is 10.4. The van der Waals surface area contributed by atoms with Crippen molar-refractivity contribution in [3.05, 3.63) is 29.8 Å². The fourth-order valence-corrected chi connectivity index (χ4v) is 1.29. The number of benzene rings is 1. The van der Waals surface area contributed by atoms with Crippen LogP contribution >= 0.6 is 11.8 Å². The van der Waals surface area contributed by atoms with Gasteiger partial charge in [-0.2, -0.15) is 0 Å². The minimum Gasteiger partial charge on any atom is -0.359 e. The SMILES string of the molecule is CSc1cccc(C#CC(N)=O)c1. The summed E-state index contributed by atoms with van der Waals surface area (Å²) in [4.78, 5) is 11.5. The lowest BCUT2D eigenvalue weighted by atomic mass is 10.2. The first-order valence-electron chi connectivity index (χ1n) is 3.68. The van der Waals surface area contributed by atoms with Crippen LogP contribution in [-0.4, -0.2) is 12.2 Å². The number of nitrogens with two attached hydrogens (primary N) is 1. The van der Waals surface area contributed by atoms with E-state index in [9.17, 15) is 4.79 Å². The highest BCUT2D eigenvalue weighted by atomic mass is 32.2. The van der Waals surface area contributed by atoms with Crippen LogP contribution in [0, 0.1) is 11.8 Å². The van der Waals surface area contributed by atoms with Gasteiger partial charge in [-0.3, -0.25) is 4.79 Å². The molecule has 0 fully saturated rings. The minimum atomic E-state index is -0.602. The molecule has 0 heterocycles. The zero-order valence-electron chi connectivity index (χ0n) is 7.20. The molecule has 0 bridgehead atoms. The van der Waals surface area contributed by atoms with Crippen LogP contribution in [0.5, 0.6) is 0 Å². The zero-order valence-corrected chi connectivity index (χ0v) is 8.02. The van der Waals surface area contributed by atoms with Gasteiger partial charge in [0.1, 0.15) is 0 Å². The smallest absolute Gasteiger partial charge is 0.293 e. The van der Waals surface area contributed by atoms with E-state index in [0.29, 0.717) is 0 Å². The highest BCUT2D eigenvalue weighted by Gasteiger charge is 1.90. The lowest BCUT2D eigenvalue weighted by Crippen LogP contribution is -2.06. The second kappa shape index (κ2) is 4.58. The van der Waals surface area contributed by atoms with E-state index >= 15 is 0 Å². The van der Waals surface area contributed by atoms with Gasteiger partial charge in [0.05, 0.1) is 0 Å². The van der Waals surface area contributed by atoms with Gasteiger partial charge >= 0.3 is 0 Å². The predicted molar refractivity (Wildman–Crippen MR) is 54.3 cm³/mol. The Bertz CT molecular complexity index is 376. The Morgan fingerprint density at radius 1 is 1.54 bits per heavy atom. The molecule has 66 valence electrons. The van der Waals surface area contributed by atoms with Gasteiger partial charge in [-0.25, -0.2) is 0 Å². The molecule has 1 aromatic rings. The Kier molecular flexibility index (Phi) is 3.41. The van der Waals surface area contributed by atoms with E-state index in [-0.39, 0.29) is 0 Å². The van der Waals surface area contributed by atoms with Gasteiger partial charge in [0, 0.05) is 10.5 Å². The topological polar surface area (TPSA) is 43.1 Å². The molecule has 0 aliphatic rings. The molecule has 0 saturated carbocycles. The van der Waals surface area contributed by atoms with Gasteiger partial charge in [-0.1, -0.05) is 12.0 Å². The van der Waals surface area contributed by atoms with E-state index in [1.165, 1.54) is 0 Å². The Hall–Kier alpha value is -1.40. The van der Waals surface area contributed by atoms with Crippen LogP contribution in [0.1, 0.15) is 5.56 Å². The number of carbonyl (C=O) groups is 1. The molecule has 3 heteroatoms. The molecule has 1 aromatic carbocycles. The summed E-state index contributed by atoms with van der Waals surface area (Å²) in [5.74, 6) is 4.37. The number of rotatable bonds is 1. The van der Waals surface area contributed by atoms with Crippen LogP contribution < -0.4 is 5.73 Å². The Balaban J connectivity index is 2.91. The van der Waals surface area contributed by atoms with Crippen molar-refractivity contribution in [1.29, 1.82) is 0 Å². The monoisotopic (exact) mass is 191 g/mol. The molecule has 0 saturated heterocycles. The summed E-state index contributed by atoms with van der Waals surface area (Å²) in [6.07, 6.45) is 1.99. The van der Waals surface area contributed by atoms with E-state index in [2.05, 4.69) is 11.8 Å². The average molecular weight is 191 g/mol. The molecule has 13 heavy (non-hydrogen) atoms. The fourth-order valence-electron chi connectivity index (χ4n) is 0.835. The third-order valence-electron chi connectivity index (χ3n) is 1.40. The molecule has 0 spiro atoms. The molecular weight excluding hydrogens is 182 g/mol. The second-order valence-electron chi connectivity index (χ2n) is 2.35. The van der Waals surface area contributed by atoms with Crippen molar-refractivity contribution in [3.63, 3.8) is 0 Å². The predicted octanol–water partition coefficient (Wildman–Crippen LogP) is 1.25. The summed E-state index contributed by atoms with van der Waals surface area (Å²) >= 11 is 1.63. The van der Waals surface area contributed by atoms with Crippen molar-refractivity contribution in [2.24, 2.45) is 5.73 Å². The van der Waals surface area contributed by atoms with Crippen molar-refractivity contribution in [2.75, 3.05) is 6.26 Å². The summed E-state index contributed by atoms with van der Waals surface area (Å²) in [6, 6.07) is 7.65. The molecule has 0 atom stereocenters. The Morgan fingerprint density at radius 2 is 2.31 bits per heavy atom. The molecule has 1 rings (SSSR count). The van der Waals surface area contributed by atoms with Crippen LogP contribution in [0.4, 0.5) is 0 Å². The van der Waals surface area contributed by atoms with E-state index in [4.69, 9.17) is 5.73 Å². The third-order valence-corrected chi connectivity index (χ3v) is 2.13. The number of amides is 1. The average Bonchev–Trinajstić information content (AvgIpc) is 2.15. The van der Waals surface area contributed by atoms with Gasteiger partial charge in [-0.05, 0) is 30.4 Å². The highest BCUT2D eigenvalue weighted by Crippen LogP contribution is 2.14. The van der Waals surface area contributed by atoms with Crippen LogP contribution in [0.3, 0.4) is 0 Å². The van der Waals surface area contributed by atoms with Gasteiger partial charge < -0.3 is 5.73 Å². The third kappa shape index (κ3) is 3.22. The normalized spacial score (nSPS) is 8.69.